The molecule has 8 nitrogen and oxygen atoms in total. The molecule has 1 atom stereocenters. The Morgan fingerprint density at radius 3 is 2.72 bits per heavy atom. The molecular formula is C19H22ClN3O5S. The molecule has 0 saturated carbocycles. The fraction of sp³-hybridized carbons (Fsp3) is 0.368. The van der Waals surface area contributed by atoms with E-state index >= 15 is 0 Å². The van der Waals surface area contributed by atoms with Gasteiger partial charge in [-0.05, 0) is 30.5 Å². The third-order valence-corrected chi connectivity index (χ3v) is 7.14. The van der Waals surface area contributed by atoms with Crippen LogP contribution < -0.4 is 5.32 Å². The van der Waals surface area contributed by atoms with Crippen LogP contribution in [-0.4, -0.2) is 48.9 Å². The number of methoxy groups -OCH3 is 1. The minimum Gasteiger partial charge on any atom is -0.464 e. The van der Waals surface area contributed by atoms with Gasteiger partial charge in [0.1, 0.15) is 16.6 Å². The van der Waals surface area contributed by atoms with Gasteiger partial charge in [-0.15, -0.1) is 0 Å². The lowest BCUT2D eigenvalue weighted by Gasteiger charge is -2.23. The molecule has 29 heavy (non-hydrogen) atoms. The van der Waals surface area contributed by atoms with E-state index in [0.717, 1.165) is 5.56 Å². The Bertz CT molecular complexity index is 1030. The van der Waals surface area contributed by atoms with Crippen LogP contribution in [-0.2, 0) is 33.1 Å². The molecule has 2 aromatic rings. The van der Waals surface area contributed by atoms with Crippen molar-refractivity contribution in [3.8, 4) is 0 Å². The lowest BCUT2D eigenvalue weighted by Crippen LogP contribution is -2.45. The molecule has 1 fully saturated rings. The Hall–Kier alpha value is -2.36. The summed E-state index contributed by atoms with van der Waals surface area (Å²) in [5, 5.41) is 3.30. The van der Waals surface area contributed by atoms with Crippen LogP contribution in [0.2, 0.25) is 5.02 Å². The Labute approximate surface area is 174 Å². The number of esters is 1. The molecule has 1 N–H and O–H groups in total. The number of hydrogen-bond donors (Lipinski definition) is 1. The Balaban J connectivity index is 1.78. The number of halogens is 1. The van der Waals surface area contributed by atoms with Gasteiger partial charge >= 0.3 is 5.97 Å². The van der Waals surface area contributed by atoms with Crippen molar-refractivity contribution >= 4 is 33.5 Å². The minimum absolute atomic E-state index is 0.0498. The number of hydrogen-bond acceptors (Lipinski definition) is 5. The number of carbonyl (C=O) groups is 2. The quantitative estimate of drug-likeness (QED) is 0.693. The Kier molecular flexibility index (Phi) is 6.30. The van der Waals surface area contributed by atoms with Crippen LogP contribution in [0.15, 0.2) is 41.4 Å². The van der Waals surface area contributed by atoms with E-state index in [1.807, 2.05) is 6.07 Å². The molecule has 0 unspecified atom stereocenters. The average Bonchev–Trinajstić information content (AvgIpc) is 3.34. The topological polar surface area (TPSA) is 97.7 Å². The van der Waals surface area contributed by atoms with Crippen LogP contribution in [0.4, 0.5) is 0 Å². The number of amides is 1. The van der Waals surface area contributed by atoms with E-state index < -0.39 is 22.0 Å². The van der Waals surface area contributed by atoms with E-state index in [9.17, 15) is 18.0 Å². The summed E-state index contributed by atoms with van der Waals surface area (Å²) in [5.74, 6) is -1.01. The van der Waals surface area contributed by atoms with E-state index in [0.29, 0.717) is 17.9 Å². The van der Waals surface area contributed by atoms with Crippen molar-refractivity contribution in [1.29, 1.82) is 0 Å². The fourth-order valence-corrected chi connectivity index (χ4v) is 5.28. The van der Waals surface area contributed by atoms with Crippen LogP contribution in [0, 0.1) is 0 Å². The molecule has 1 saturated heterocycles. The number of nitrogens with zero attached hydrogens (tertiary/aromatic N) is 2. The highest BCUT2D eigenvalue weighted by atomic mass is 35.5. The number of sulfonamides is 1. The number of rotatable bonds is 6. The lowest BCUT2D eigenvalue weighted by molar-refractivity contribution is -0.124. The summed E-state index contributed by atoms with van der Waals surface area (Å²) in [5.41, 5.74) is 0.866. The normalized spacial score (nSPS) is 17.3. The zero-order chi connectivity index (χ0) is 21.2. The first kappa shape index (κ1) is 21.4. The molecule has 1 aliphatic heterocycles. The number of aromatic nitrogens is 1. The van der Waals surface area contributed by atoms with Crippen molar-refractivity contribution in [1.82, 2.24) is 14.2 Å². The molecular weight excluding hydrogens is 418 g/mol. The van der Waals surface area contributed by atoms with Crippen molar-refractivity contribution in [2.24, 2.45) is 7.05 Å². The lowest BCUT2D eigenvalue weighted by atomic mass is 10.2. The molecule has 0 aliphatic carbocycles. The minimum atomic E-state index is -3.95. The highest BCUT2D eigenvalue weighted by Crippen LogP contribution is 2.27. The molecule has 1 amide bonds. The third kappa shape index (κ3) is 4.31. The molecule has 1 aliphatic rings. The van der Waals surface area contributed by atoms with Crippen LogP contribution in [0.3, 0.4) is 0 Å². The van der Waals surface area contributed by atoms with Crippen LogP contribution in [0.1, 0.15) is 28.9 Å². The van der Waals surface area contributed by atoms with Crippen LogP contribution >= 0.6 is 11.6 Å². The van der Waals surface area contributed by atoms with Crippen molar-refractivity contribution in [3.05, 3.63) is 52.8 Å². The standard InChI is InChI=1S/C19H22ClN3O5S/c1-22-12-14(10-17(22)19(25)28-2)29(26,27)23-9-5-8-16(23)18(24)21-11-13-6-3-4-7-15(13)20/h3-4,6-7,10,12,16H,5,8-9,11H2,1-2H3,(H,21,24)/t16-/m1/s1. The second-order valence-corrected chi connectivity index (χ2v) is 9.04. The maximum Gasteiger partial charge on any atom is 0.354 e. The first-order valence-electron chi connectivity index (χ1n) is 9.03. The van der Waals surface area contributed by atoms with Crippen LogP contribution in [0.5, 0.6) is 0 Å². The molecule has 1 aromatic heterocycles. The molecule has 0 bridgehead atoms. The summed E-state index contributed by atoms with van der Waals surface area (Å²) in [7, 11) is -1.17. The van der Waals surface area contributed by atoms with Gasteiger partial charge < -0.3 is 14.6 Å². The molecule has 10 heteroatoms. The molecule has 3 rings (SSSR count). The van der Waals surface area contributed by atoms with Gasteiger partial charge in [0.2, 0.25) is 15.9 Å². The van der Waals surface area contributed by atoms with E-state index in [1.165, 1.54) is 28.2 Å². The van der Waals surface area contributed by atoms with Gasteiger partial charge in [0.05, 0.1) is 7.11 Å². The van der Waals surface area contributed by atoms with E-state index in [-0.39, 0.29) is 29.6 Å². The molecule has 0 radical (unpaired) electrons. The Morgan fingerprint density at radius 1 is 1.31 bits per heavy atom. The smallest absolute Gasteiger partial charge is 0.354 e. The molecule has 0 spiro atoms. The average molecular weight is 440 g/mol. The number of ether oxygens (including phenoxy) is 1. The first-order valence-corrected chi connectivity index (χ1v) is 10.8. The van der Waals surface area contributed by atoms with Crippen molar-refractivity contribution in [2.75, 3.05) is 13.7 Å². The maximum absolute atomic E-state index is 13.1. The number of nitrogens with one attached hydrogen (secondary N) is 1. The summed E-state index contributed by atoms with van der Waals surface area (Å²) >= 11 is 6.11. The predicted octanol–water partition coefficient (Wildman–Crippen LogP) is 1.93. The highest BCUT2D eigenvalue weighted by molar-refractivity contribution is 7.89. The van der Waals surface area contributed by atoms with Gasteiger partial charge in [-0.3, -0.25) is 4.79 Å². The van der Waals surface area contributed by atoms with Gasteiger partial charge in [-0.25, -0.2) is 13.2 Å². The summed E-state index contributed by atoms with van der Waals surface area (Å²) in [6.45, 7) is 0.440. The summed E-state index contributed by atoms with van der Waals surface area (Å²) < 4.78 is 33.5. The summed E-state index contributed by atoms with van der Waals surface area (Å²) in [4.78, 5) is 24.4. The van der Waals surface area contributed by atoms with Crippen molar-refractivity contribution in [2.45, 2.75) is 30.3 Å². The molecule has 1 aromatic carbocycles. The van der Waals surface area contributed by atoms with Crippen molar-refractivity contribution in [3.63, 3.8) is 0 Å². The number of aryl methyl sites for hydroxylation is 1. The second-order valence-electron chi connectivity index (χ2n) is 6.75. The predicted molar refractivity (Wildman–Crippen MR) is 107 cm³/mol. The van der Waals surface area contributed by atoms with E-state index in [2.05, 4.69) is 10.1 Å². The molecule has 2 heterocycles. The first-order chi connectivity index (χ1) is 13.8. The van der Waals surface area contributed by atoms with Crippen molar-refractivity contribution < 1.29 is 22.7 Å². The number of carbonyl (C=O) groups excluding carboxylic acids is 2. The third-order valence-electron chi connectivity index (χ3n) is 4.90. The van der Waals surface area contributed by atoms with Gasteiger partial charge in [0.25, 0.3) is 0 Å². The van der Waals surface area contributed by atoms with E-state index in [1.54, 1.807) is 25.2 Å². The largest absolute Gasteiger partial charge is 0.464 e. The second kappa shape index (κ2) is 8.56. The maximum atomic E-state index is 13.1. The van der Waals surface area contributed by atoms with Gasteiger partial charge in [0, 0.05) is 31.4 Å². The van der Waals surface area contributed by atoms with Gasteiger partial charge in [-0.1, -0.05) is 29.8 Å². The zero-order valence-corrected chi connectivity index (χ0v) is 17.7. The zero-order valence-electron chi connectivity index (χ0n) is 16.1. The molecule has 156 valence electrons. The SMILES string of the molecule is COC(=O)c1cc(S(=O)(=O)N2CCC[C@@H]2C(=O)NCc2ccccc2Cl)cn1C. The monoisotopic (exact) mass is 439 g/mol. The van der Waals surface area contributed by atoms with Gasteiger partial charge in [-0.2, -0.15) is 4.31 Å². The summed E-state index contributed by atoms with van der Waals surface area (Å²) in [6, 6.07) is 7.57. The fourth-order valence-electron chi connectivity index (χ4n) is 3.35. The van der Waals surface area contributed by atoms with Gasteiger partial charge in [0.15, 0.2) is 0 Å². The summed E-state index contributed by atoms with van der Waals surface area (Å²) in [6.07, 6.45) is 2.34. The highest BCUT2D eigenvalue weighted by Gasteiger charge is 2.40. The Morgan fingerprint density at radius 2 is 2.03 bits per heavy atom. The number of benzene rings is 1. The van der Waals surface area contributed by atoms with Crippen LogP contribution in [0.25, 0.3) is 0 Å². The van der Waals surface area contributed by atoms with E-state index in [4.69, 9.17) is 11.6 Å².